The third kappa shape index (κ3) is 3.04. The van der Waals surface area contributed by atoms with E-state index in [1.165, 1.54) is 0 Å². The number of hydrogen-bond acceptors (Lipinski definition) is 4. The summed E-state index contributed by atoms with van der Waals surface area (Å²) in [4.78, 5) is 17.9. The van der Waals surface area contributed by atoms with Crippen molar-refractivity contribution in [3.05, 3.63) is 76.9 Å². The minimum absolute atomic E-state index is 0.201. The van der Waals surface area contributed by atoms with E-state index in [1.807, 2.05) is 60.7 Å². The number of hydrogen-bond donors (Lipinski definition) is 0. The summed E-state index contributed by atoms with van der Waals surface area (Å²) in [6, 6.07) is 19.2. The number of Topliss-reactive ketones (excluding diaryl/α,β-unsaturated/α-hetero) is 1. The largest absolute Gasteiger partial charge is 0.454 e. The van der Waals surface area contributed by atoms with E-state index >= 15 is 0 Å². The monoisotopic (exact) mass is 391 g/mol. The first-order chi connectivity index (χ1) is 13.6. The van der Waals surface area contributed by atoms with Gasteiger partial charge in [-0.05, 0) is 54.8 Å². The number of carbonyl (C=O) groups is 1. The Hall–Kier alpha value is -2.85. The van der Waals surface area contributed by atoms with Gasteiger partial charge in [0.15, 0.2) is 11.5 Å². The van der Waals surface area contributed by atoms with Crippen LogP contribution in [0, 0.1) is 0 Å². The predicted molar refractivity (Wildman–Crippen MR) is 107 cm³/mol. The highest BCUT2D eigenvalue weighted by Gasteiger charge is 2.50. The summed E-state index contributed by atoms with van der Waals surface area (Å²) in [5.41, 5.74) is 3.20. The molecule has 5 rings (SSSR count). The van der Waals surface area contributed by atoms with Gasteiger partial charge in [0.05, 0.1) is 11.1 Å². The molecule has 0 amide bonds. The smallest absolute Gasteiger partial charge is 0.231 e. The van der Waals surface area contributed by atoms with Gasteiger partial charge in [0.25, 0.3) is 0 Å². The zero-order valence-corrected chi connectivity index (χ0v) is 15.9. The normalized spacial score (nSPS) is 16.0. The number of fused-ring (bicyclic) bond motifs is 1. The Morgan fingerprint density at radius 3 is 2.57 bits per heavy atom. The summed E-state index contributed by atoms with van der Waals surface area (Å²) >= 11 is 5.97. The molecule has 1 aliphatic carbocycles. The molecular weight excluding hydrogens is 374 g/mol. The molecule has 1 aromatic heterocycles. The van der Waals surface area contributed by atoms with Crippen LogP contribution in [0.1, 0.15) is 24.1 Å². The summed E-state index contributed by atoms with van der Waals surface area (Å²) < 4.78 is 10.9. The highest BCUT2D eigenvalue weighted by atomic mass is 35.5. The van der Waals surface area contributed by atoms with E-state index in [4.69, 9.17) is 26.1 Å². The van der Waals surface area contributed by atoms with Crippen LogP contribution in [-0.2, 0) is 16.6 Å². The Morgan fingerprint density at radius 2 is 1.79 bits per heavy atom. The number of rotatable bonds is 5. The molecule has 0 unspecified atom stereocenters. The second kappa shape index (κ2) is 6.64. The Labute approximate surface area is 168 Å². The van der Waals surface area contributed by atoms with Crippen molar-refractivity contribution in [1.29, 1.82) is 0 Å². The second-order valence-corrected chi connectivity index (χ2v) is 7.71. The van der Waals surface area contributed by atoms with Gasteiger partial charge in [0.2, 0.25) is 6.79 Å². The first-order valence-corrected chi connectivity index (χ1v) is 9.67. The first kappa shape index (κ1) is 17.3. The van der Waals surface area contributed by atoms with Crippen molar-refractivity contribution >= 4 is 17.4 Å². The number of carbonyl (C=O) groups excluding carboxylic acids is 1. The molecule has 2 heterocycles. The quantitative estimate of drug-likeness (QED) is 0.615. The maximum absolute atomic E-state index is 13.2. The molecule has 0 bridgehead atoms. The Kier molecular flexibility index (Phi) is 4.09. The molecule has 3 aromatic rings. The Morgan fingerprint density at radius 1 is 1.00 bits per heavy atom. The second-order valence-electron chi connectivity index (χ2n) is 7.27. The maximum atomic E-state index is 13.2. The molecule has 4 nitrogen and oxygen atoms in total. The third-order valence-electron chi connectivity index (χ3n) is 5.50. The van der Waals surface area contributed by atoms with Gasteiger partial charge in [-0.1, -0.05) is 35.9 Å². The van der Waals surface area contributed by atoms with Crippen molar-refractivity contribution in [2.24, 2.45) is 0 Å². The molecule has 1 aliphatic heterocycles. The molecule has 0 atom stereocenters. The lowest BCUT2D eigenvalue weighted by Gasteiger charge is -2.15. The van der Waals surface area contributed by atoms with Gasteiger partial charge < -0.3 is 9.47 Å². The first-order valence-electron chi connectivity index (χ1n) is 9.29. The van der Waals surface area contributed by atoms with Gasteiger partial charge >= 0.3 is 0 Å². The fourth-order valence-corrected chi connectivity index (χ4v) is 3.87. The zero-order chi connectivity index (χ0) is 19.1. The van der Waals surface area contributed by atoms with Crippen molar-refractivity contribution in [3.63, 3.8) is 0 Å². The van der Waals surface area contributed by atoms with Crippen LogP contribution in [0.4, 0.5) is 0 Å². The van der Waals surface area contributed by atoms with Gasteiger partial charge in [0, 0.05) is 22.7 Å². The molecule has 1 saturated carbocycles. The van der Waals surface area contributed by atoms with Crippen LogP contribution in [0.3, 0.4) is 0 Å². The molecule has 140 valence electrons. The minimum Gasteiger partial charge on any atom is -0.454 e. The summed E-state index contributed by atoms with van der Waals surface area (Å²) in [5, 5.41) is 0.689. The lowest BCUT2D eigenvalue weighted by molar-refractivity contribution is -0.120. The number of aromatic nitrogens is 1. The van der Waals surface area contributed by atoms with Crippen LogP contribution in [0.25, 0.3) is 11.3 Å². The van der Waals surface area contributed by atoms with E-state index < -0.39 is 5.41 Å². The van der Waals surface area contributed by atoms with E-state index in [2.05, 4.69) is 0 Å². The minimum atomic E-state index is -0.418. The highest BCUT2D eigenvalue weighted by molar-refractivity contribution is 6.30. The zero-order valence-electron chi connectivity index (χ0n) is 15.2. The SMILES string of the molecule is O=C(Cc1cccc(-c2ccc(Cl)cc2)n1)C1(c2ccc3c(c2)OCO3)CC1. The molecule has 0 N–H and O–H groups in total. The molecule has 0 radical (unpaired) electrons. The number of ketones is 1. The van der Waals surface area contributed by atoms with Crippen molar-refractivity contribution in [2.45, 2.75) is 24.7 Å². The Bertz CT molecular complexity index is 1060. The number of pyridine rings is 1. The topological polar surface area (TPSA) is 48.4 Å². The van der Waals surface area contributed by atoms with Crippen LogP contribution >= 0.6 is 11.6 Å². The highest BCUT2D eigenvalue weighted by Crippen LogP contribution is 2.51. The van der Waals surface area contributed by atoms with Gasteiger partial charge in [-0.25, -0.2) is 0 Å². The summed E-state index contributed by atoms with van der Waals surface area (Å²) in [7, 11) is 0. The van der Waals surface area contributed by atoms with Crippen LogP contribution in [0.15, 0.2) is 60.7 Å². The van der Waals surface area contributed by atoms with Crippen LogP contribution in [0.2, 0.25) is 5.02 Å². The molecule has 5 heteroatoms. The standard InChI is InChI=1S/C23H18ClNO3/c24-17-7-4-15(5-8-17)19-3-1-2-18(25-19)13-22(26)23(10-11-23)16-6-9-20-21(12-16)28-14-27-20/h1-9,12H,10-11,13-14H2. The maximum Gasteiger partial charge on any atom is 0.231 e. The average Bonchev–Trinajstić information content (AvgIpc) is 3.40. The van der Waals surface area contributed by atoms with Crippen LogP contribution in [0.5, 0.6) is 11.5 Å². The number of nitrogens with zero attached hydrogens (tertiary/aromatic N) is 1. The van der Waals surface area contributed by atoms with E-state index in [1.54, 1.807) is 0 Å². The molecule has 0 spiro atoms. The number of halogens is 1. The fourth-order valence-electron chi connectivity index (χ4n) is 3.74. The van der Waals surface area contributed by atoms with E-state index in [0.717, 1.165) is 46.9 Å². The molecular formula is C23H18ClNO3. The van der Waals surface area contributed by atoms with Gasteiger partial charge in [-0.15, -0.1) is 0 Å². The van der Waals surface area contributed by atoms with Crippen molar-refractivity contribution in [2.75, 3.05) is 6.79 Å². The van der Waals surface area contributed by atoms with Crippen LogP contribution in [-0.4, -0.2) is 17.6 Å². The summed E-state index contributed by atoms with van der Waals surface area (Å²) in [5.74, 6) is 1.66. The fraction of sp³-hybridized carbons (Fsp3) is 0.217. The van der Waals surface area contributed by atoms with E-state index in [-0.39, 0.29) is 12.6 Å². The molecule has 1 fully saturated rings. The van der Waals surface area contributed by atoms with E-state index in [9.17, 15) is 4.79 Å². The molecule has 28 heavy (non-hydrogen) atoms. The Balaban J connectivity index is 1.38. The molecule has 2 aliphatic rings. The van der Waals surface area contributed by atoms with Gasteiger partial charge in [-0.2, -0.15) is 0 Å². The number of benzene rings is 2. The van der Waals surface area contributed by atoms with Gasteiger partial charge in [0.1, 0.15) is 5.78 Å². The van der Waals surface area contributed by atoms with E-state index in [0.29, 0.717) is 11.4 Å². The lowest BCUT2D eigenvalue weighted by atomic mass is 9.88. The van der Waals surface area contributed by atoms with Crippen molar-refractivity contribution in [1.82, 2.24) is 4.98 Å². The summed E-state index contributed by atoms with van der Waals surface area (Å²) in [6.45, 7) is 0.237. The molecule has 2 aromatic carbocycles. The average molecular weight is 392 g/mol. The third-order valence-corrected chi connectivity index (χ3v) is 5.75. The number of ether oxygens (including phenoxy) is 2. The van der Waals surface area contributed by atoms with Gasteiger partial charge in [-0.3, -0.25) is 9.78 Å². The van der Waals surface area contributed by atoms with Crippen LogP contribution < -0.4 is 9.47 Å². The van der Waals surface area contributed by atoms with Crippen molar-refractivity contribution < 1.29 is 14.3 Å². The molecule has 0 saturated heterocycles. The lowest BCUT2D eigenvalue weighted by Crippen LogP contribution is -2.23. The summed E-state index contributed by atoms with van der Waals surface area (Å²) in [6.07, 6.45) is 2.04. The predicted octanol–water partition coefficient (Wildman–Crippen LogP) is 4.97. The van der Waals surface area contributed by atoms with Crippen molar-refractivity contribution in [3.8, 4) is 22.8 Å².